The minimum atomic E-state index is 0.0922. The van der Waals surface area contributed by atoms with E-state index in [4.69, 9.17) is 9.47 Å². The number of hydrogen-bond acceptors (Lipinski definition) is 3. The van der Waals surface area contributed by atoms with Crippen molar-refractivity contribution in [3.8, 4) is 11.5 Å². The number of ether oxygens (including phenoxy) is 2. The number of halogens is 1. The molecule has 0 amide bonds. The summed E-state index contributed by atoms with van der Waals surface area (Å²) in [7, 11) is 0. The van der Waals surface area contributed by atoms with E-state index in [-0.39, 0.29) is 12.5 Å². The van der Waals surface area contributed by atoms with Gasteiger partial charge < -0.3 is 14.6 Å². The lowest BCUT2D eigenvalue weighted by molar-refractivity contribution is 0.169. The Bertz CT molecular complexity index is 443. The molecule has 0 bridgehead atoms. The molecule has 0 saturated carbocycles. The van der Waals surface area contributed by atoms with E-state index in [1.165, 1.54) is 5.56 Å². The van der Waals surface area contributed by atoms with Crippen LogP contribution >= 0.6 is 15.9 Å². The van der Waals surface area contributed by atoms with E-state index >= 15 is 0 Å². The van der Waals surface area contributed by atoms with E-state index < -0.39 is 0 Å². The second-order valence-electron chi connectivity index (χ2n) is 4.96. The van der Waals surface area contributed by atoms with Gasteiger partial charge >= 0.3 is 0 Å². The summed E-state index contributed by atoms with van der Waals surface area (Å²) < 4.78 is 12.3. The molecule has 0 radical (unpaired) electrons. The van der Waals surface area contributed by atoms with Gasteiger partial charge in [-0.05, 0) is 39.0 Å². The van der Waals surface area contributed by atoms with Crippen molar-refractivity contribution in [2.45, 2.75) is 32.6 Å². The van der Waals surface area contributed by atoms with Gasteiger partial charge in [-0.25, -0.2) is 0 Å². The standard InChI is InChI=1S/C14H19BrO3/c1-8(2)12-10(9(3)7-16)6-11-14(13(12)15)18-5-4-17-11/h6,8-9,16H,4-5,7H2,1-3H3. The van der Waals surface area contributed by atoms with Crippen LogP contribution < -0.4 is 9.47 Å². The Morgan fingerprint density at radius 2 is 1.94 bits per heavy atom. The van der Waals surface area contributed by atoms with Gasteiger partial charge in [0.1, 0.15) is 13.2 Å². The topological polar surface area (TPSA) is 38.7 Å². The molecule has 1 unspecified atom stereocenters. The average molecular weight is 315 g/mol. The Morgan fingerprint density at radius 3 is 2.56 bits per heavy atom. The molecule has 1 aromatic rings. The highest BCUT2D eigenvalue weighted by molar-refractivity contribution is 9.10. The molecular weight excluding hydrogens is 296 g/mol. The highest BCUT2D eigenvalue weighted by atomic mass is 79.9. The van der Waals surface area contributed by atoms with Crippen LogP contribution in [0.1, 0.15) is 43.7 Å². The SMILES string of the molecule is CC(C)c1c(C(C)CO)cc2c(c1Br)OCCO2. The Morgan fingerprint density at radius 1 is 1.28 bits per heavy atom. The van der Waals surface area contributed by atoms with Gasteiger partial charge in [-0.3, -0.25) is 0 Å². The van der Waals surface area contributed by atoms with Gasteiger partial charge in [-0.2, -0.15) is 0 Å². The summed E-state index contributed by atoms with van der Waals surface area (Å²) in [5.41, 5.74) is 2.32. The summed E-state index contributed by atoms with van der Waals surface area (Å²) >= 11 is 3.63. The molecule has 0 fully saturated rings. The molecule has 4 heteroatoms. The number of rotatable bonds is 3. The Balaban J connectivity index is 2.61. The van der Waals surface area contributed by atoms with E-state index in [2.05, 4.69) is 29.8 Å². The van der Waals surface area contributed by atoms with Crippen LogP contribution in [0.15, 0.2) is 10.5 Å². The fourth-order valence-corrected chi connectivity index (χ4v) is 3.27. The van der Waals surface area contributed by atoms with Gasteiger partial charge in [0.15, 0.2) is 11.5 Å². The van der Waals surface area contributed by atoms with E-state index in [9.17, 15) is 5.11 Å². The summed E-state index contributed by atoms with van der Waals surface area (Å²) in [6.45, 7) is 7.59. The number of aliphatic hydroxyl groups is 1. The van der Waals surface area contributed by atoms with E-state index in [0.717, 1.165) is 21.5 Å². The predicted octanol–water partition coefficient (Wildman–Crippen LogP) is 3.44. The first-order chi connectivity index (χ1) is 8.56. The third kappa shape index (κ3) is 2.36. The Kier molecular flexibility index (Phi) is 4.17. The summed E-state index contributed by atoms with van der Waals surface area (Å²) in [5.74, 6) is 2.01. The van der Waals surface area contributed by atoms with Crippen LogP contribution in [-0.2, 0) is 0 Å². The van der Waals surface area contributed by atoms with E-state index in [1.807, 2.05) is 13.0 Å². The quantitative estimate of drug-likeness (QED) is 0.928. The van der Waals surface area contributed by atoms with Gasteiger partial charge in [0.05, 0.1) is 4.47 Å². The maximum absolute atomic E-state index is 9.40. The lowest BCUT2D eigenvalue weighted by Gasteiger charge is -2.26. The predicted molar refractivity (Wildman–Crippen MR) is 74.7 cm³/mol. The monoisotopic (exact) mass is 314 g/mol. The first-order valence-corrected chi connectivity index (χ1v) is 7.08. The third-order valence-corrected chi connectivity index (χ3v) is 4.01. The molecule has 100 valence electrons. The molecule has 0 spiro atoms. The molecule has 1 atom stereocenters. The van der Waals surface area contributed by atoms with Gasteiger partial charge in [0, 0.05) is 12.5 Å². The summed E-state index contributed by atoms with van der Waals surface area (Å²) in [6, 6.07) is 2.01. The molecular formula is C14H19BrO3. The lowest BCUT2D eigenvalue weighted by atomic mass is 9.89. The van der Waals surface area contributed by atoms with Crippen LogP contribution in [0.4, 0.5) is 0 Å². The molecule has 1 aliphatic rings. The van der Waals surface area contributed by atoms with E-state index in [0.29, 0.717) is 19.1 Å². The highest BCUT2D eigenvalue weighted by Gasteiger charge is 2.24. The maximum Gasteiger partial charge on any atom is 0.175 e. The van der Waals surface area contributed by atoms with Crippen LogP contribution in [0, 0.1) is 0 Å². The van der Waals surface area contributed by atoms with Crippen molar-refractivity contribution in [3.63, 3.8) is 0 Å². The van der Waals surface area contributed by atoms with Crippen molar-refractivity contribution in [3.05, 3.63) is 21.7 Å². The van der Waals surface area contributed by atoms with Crippen LogP contribution in [0.25, 0.3) is 0 Å². The van der Waals surface area contributed by atoms with Crippen LogP contribution in [0.3, 0.4) is 0 Å². The van der Waals surface area contributed by atoms with Gasteiger partial charge in [-0.1, -0.05) is 20.8 Å². The third-order valence-electron chi connectivity index (χ3n) is 3.23. The number of hydrogen-bond donors (Lipinski definition) is 1. The van der Waals surface area contributed by atoms with Gasteiger partial charge in [-0.15, -0.1) is 0 Å². The molecule has 3 nitrogen and oxygen atoms in total. The van der Waals surface area contributed by atoms with Crippen LogP contribution in [-0.4, -0.2) is 24.9 Å². The highest BCUT2D eigenvalue weighted by Crippen LogP contribution is 2.45. The first kappa shape index (κ1) is 13.7. The molecule has 18 heavy (non-hydrogen) atoms. The average Bonchev–Trinajstić information content (AvgIpc) is 2.37. The lowest BCUT2D eigenvalue weighted by Crippen LogP contribution is -2.18. The van der Waals surface area contributed by atoms with Crippen LogP contribution in [0.5, 0.6) is 11.5 Å². The summed E-state index contributed by atoms with van der Waals surface area (Å²) in [5, 5.41) is 9.40. The summed E-state index contributed by atoms with van der Waals surface area (Å²) in [6.07, 6.45) is 0. The van der Waals surface area contributed by atoms with Gasteiger partial charge in [0.2, 0.25) is 0 Å². The number of benzene rings is 1. The fourth-order valence-electron chi connectivity index (χ4n) is 2.27. The molecule has 1 aromatic carbocycles. The molecule has 0 aliphatic carbocycles. The van der Waals surface area contributed by atoms with Gasteiger partial charge in [0.25, 0.3) is 0 Å². The second kappa shape index (κ2) is 5.49. The molecule has 2 rings (SSSR count). The van der Waals surface area contributed by atoms with Crippen LogP contribution in [0.2, 0.25) is 0 Å². The van der Waals surface area contributed by atoms with E-state index in [1.54, 1.807) is 0 Å². The zero-order valence-electron chi connectivity index (χ0n) is 11.0. The Labute approximate surface area is 116 Å². The van der Waals surface area contributed by atoms with Crippen molar-refractivity contribution in [1.29, 1.82) is 0 Å². The van der Waals surface area contributed by atoms with Crippen molar-refractivity contribution in [2.24, 2.45) is 0 Å². The normalized spacial score (nSPS) is 15.9. The first-order valence-electron chi connectivity index (χ1n) is 6.29. The van der Waals surface area contributed by atoms with Crippen molar-refractivity contribution < 1.29 is 14.6 Å². The number of aliphatic hydroxyl groups excluding tert-OH is 1. The largest absolute Gasteiger partial charge is 0.486 e. The molecule has 0 saturated heterocycles. The zero-order chi connectivity index (χ0) is 13.3. The molecule has 1 heterocycles. The number of fused-ring (bicyclic) bond motifs is 1. The smallest absolute Gasteiger partial charge is 0.175 e. The molecule has 1 aliphatic heterocycles. The molecule has 1 N–H and O–H groups in total. The minimum absolute atomic E-state index is 0.0922. The van der Waals surface area contributed by atoms with Crippen molar-refractivity contribution >= 4 is 15.9 Å². The Hall–Kier alpha value is -0.740. The minimum Gasteiger partial charge on any atom is -0.486 e. The fraction of sp³-hybridized carbons (Fsp3) is 0.571. The zero-order valence-corrected chi connectivity index (χ0v) is 12.6. The summed E-state index contributed by atoms with van der Waals surface area (Å²) in [4.78, 5) is 0. The maximum atomic E-state index is 9.40. The molecule has 0 aromatic heterocycles. The van der Waals surface area contributed by atoms with Crippen molar-refractivity contribution in [2.75, 3.05) is 19.8 Å². The van der Waals surface area contributed by atoms with Crippen molar-refractivity contribution in [1.82, 2.24) is 0 Å². The second-order valence-corrected chi connectivity index (χ2v) is 5.75.